The third-order valence-electron chi connectivity index (χ3n) is 5.98. The summed E-state index contributed by atoms with van der Waals surface area (Å²) in [7, 11) is 0. The van der Waals surface area contributed by atoms with E-state index in [1.165, 1.54) is 16.9 Å². The van der Waals surface area contributed by atoms with Crippen LogP contribution in [-0.4, -0.2) is 34.8 Å². The molecule has 3 heterocycles. The zero-order chi connectivity index (χ0) is 24.8. The number of aromatic nitrogens is 2. The molecule has 1 N–H and O–H groups in total. The molecule has 1 fully saturated rings. The van der Waals surface area contributed by atoms with Gasteiger partial charge >= 0.3 is 18.1 Å². The molecule has 0 saturated carbocycles. The van der Waals surface area contributed by atoms with Crippen molar-refractivity contribution >= 4 is 23.5 Å². The quantitative estimate of drug-likeness (QED) is 0.520. The van der Waals surface area contributed by atoms with Crippen molar-refractivity contribution in [1.29, 1.82) is 0 Å². The summed E-state index contributed by atoms with van der Waals surface area (Å²) in [6.45, 7) is 0.482. The minimum Gasteiger partial charge on any atom is -0.416 e. The molecule has 0 amide bonds. The fourth-order valence-electron chi connectivity index (χ4n) is 4.44. The number of nitrogens with one attached hydrogen (secondary N) is 1. The molecule has 3 aromatic rings. The number of halogens is 4. The minimum atomic E-state index is -4.51. The standard InChI is InChI=1S/C24H19ClF3N3O4/c25-18-5-4-17-16(8-10-29-13-23(17)34-20(32)6-7-21(33)35-23)22(18)31-19(9-11-30-31)14-2-1-3-15(12-14)24(26,27)28/h1-5,9,11-12,29H,6-8,10,13H2. The van der Waals surface area contributed by atoms with Gasteiger partial charge in [0.25, 0.3) is 5.79 Å². The van der Waals surface area contributed by atoms with Crippen LogP contribution >= 0.6 is 11.6 Å². The van der Waals surface area contributed by atoms with Crippen molar-refractivity contribution in [3.8, 4) is 16.9 Å². The molecule has 0 radical (unpaired) electrons. The van der Waals surface area contributed by atoms with E-state index in [9.17, 15) is 22.8 Å². The van der Waals surface area contributed by atoms with Crippen molar-refractivity contribution in [2.75, 3.05) is 13.1 Å². The van der Waals surface area contributed by atoms with Gasteiger partial charge in [0.1, 0.15) is 0 Å². The molecular formula is C24H19ClF3N3O4. The molecule has 182 valence electrons. The van der Waals surface area contributed by atoms with Crippen LogP contribution in [0.5, 0.6) is 0 Å². The molecule has 1 saturated heterocycles. The predicted molar refractivity (Wildman–Crippen MR) is 119 cm³/mol. The van der Waals surface area contributed by atoms with Gasteiger partial charge in [0.15, 0.2) is 0 Å². The Morgan fingerprint density at radius 2 is 1.77 bits per heavy atom. The summed E-state index contributed by atoms with van der Waals surface area (Å²) in [6.07, 6.45) is -2.84. The van der Waals surface area contributed by atoms with Crippen molar-refractivity contribution in [3.05, 3.63) is 70.4 Å². The highest BCUT2D eigenvalue weighted by molar-refractivity contribution is 6.32. The number of nitrogens with zero attached hydrogens (tertiary/aromatic N) is 2. The number of hydrogen-bond acceptors (Lipinski definition) is 6. The van der Waals surface area contributed by atoms with E-state index in [4.69, 9.17) is 21.1 Å². The van der Waals surface area contributed by atoms with E-state index in [1.807, 2.05) is 0 Å². The van der Waals surface area contributed by atoms with Crippen molar-refractivity contribution in [1.82, 2.24) is 15.1 Å². The maximum Gasteiger partial charge on any atom is 0.416 e. The van der Waals surface area contributed by atoms with Crippen LogP contribution in [0.25, 0.3) is 16.9 Å². The van der Waals surface area contributed by atoms with E-state index < -0.39 is 29.5 Å². The van der Waals surface area contributed by atoms with Crippen LogP contribution in [0, 0.1) is 0 Å². The van der Waals surface area contributed by atoms with E-state index in [0.29, 0.717) is 41.0 Å². The Morgan fingerprint density at radius 1 is 1.03 bits per heavy atom. The van der Waals surface area contributed by atoms with Gasteiger partial charge in [-0.3, -0.25) is 9.59 Å². The van der Waals surface area contributed by atoms with Gasteiger partial charge < -0.3 is 14.8 Å². The summed E-state index contributed by atoms with van der Waals surface area (Å²) in [5.74, 6) is -2.85. The number of carbonyl (C=O) groups is 2. The molecular weight excluding hydrogens is 487 g/mol. The Balaban J connectivity index is 1.69. The highest BCUT2D eigenvalue weighted by Crippen LogP contribution is 2.41. The Bertz CT molecular complexity index is 1300. The molecule has 0 bridgehead atoms. The van der Waals surface area contributed by atoms with Gasteiger partial charge in [-0.2, -0.15) is 18.3 Å². The van der Waals surface area contributed by atoms with Crippen LogP contribution in [0.15, 0.2) is 48.7 Å². The van der Waals surface area contributed by atoms with Crippen LogP contribution in [0.3, 0.4) is 0 Å². The number of hydrogen-bond donors (Lipinski definition) is 1. The van der Waals surface area contributed by atoms with Crippen molar-refractivity contribution in [3.63, 3.8) is 0 Å². The van der Waals surface area contributed by atoms with Gasteiger partial charge in [-0.05, 0) is 48.9 Å². The first-order valence-electron chi connectivity index (χ1n) is 10.9. The molecule has 5 rings (SSSR count). The zero-order valence-electron chi connectivity index (χ0n) is 18.2. The van der Waals surface area contributed by atoms with Gasteiger partial charge in [-0.1, -0.05) is 23.7 Å². The van der Waals surface area contributed by atoms with Gasteiger partial charge in [0, 0.05) is 11.1 Å². The lowest BCUT2D eigenvalue weighted by molar-refractivity contribution is -0.225. The molecule has 2 aliphatic rings. The lowest BCUT2D eigenvalue weighted by Crippen LogP contribution is -2.43. The van der Waals surface area contributed by atoms with Crippen LogP contribution in [0.1, 0.15) is 29.5 Å². The summed E-state index contributed by atoms with van der Waals surface area (Å²) >= 11 is 6.61. The summed E-state index contributed by atoms with van der Waals surface area (Å²) < 4.78 is 52.8. The number of rotatable bonds is 2. The summed E-state index contributed by atoms with van der Waals surface area (Å²) in [6, 6.07) is 9.70. The second-order valence-corrected chi connectivity index (χ2v) is 8.66. The van der Waals surface area contributed by atoms with E-state index >= 15 is 0 Å². The van der Waals surface area contributed by atoms with Crippen molar-refractivity contribution < 1.29 is 32.2 Å². The molecule has 35 heavy (non-hydrogen) atoms. The highest BCUT2D eigenvalue weighted by atomic mass is 35.5. The number of benzene rings is 2. The topological polar surface area (TPSA) is 82.5 Å². The highest BCUT2D eigenvalue weighted by Gasteiger charge is 2.46. The van der Waals surface area contributed by atoms with Crippen LogP contribution in [-0.2, 0) is 37.4 Å². The third-order valence-corrected chi connectivity index (χ3v) is 6.29. The number of fused-ring (bicyclic) bond motifs is 2. The van der Waals surface area contributed by atoms with Gasteiger partial charge in [0.05, 0.1) is 47.6 Å². The summed E-state index contributed by atoms with van der Waals surface area (Å²) in [5.41, 5.74) is 1.31. The minimum absolute atomic E-state index is 0.0398. The summed E-state index contributed by atoms with van der Waals surface area (Å²) in [4.78, 5) is 24.7. The molecule has 0 aliphatic carbocycles. The number of carbonyl (C=O) groups excluding carboxylic acids is 2. The molecule has 0 atom stereocenters. The number of esters is 2. The first kappa shape index (κ1) is 23.4. The normalized spacial score (nSPS) is 17.8. The first-order chi connectivity index (χ1) is 16.7. The molecule has 11 heteroatoms. The lowest BCUT2D eigenvalue weighted by atomic mass is 9.96. The lowest BCUT2D eigenvalue weighted by Gasteiger charge is -2.32. The molecule has 2 aliphatic heterocycles. The first-order valence-corrected chi connectivity index (χ1v) is 11.2. The number of ether oxygens (including phenoxy) is 2. The number of alkyl halides is 3. The Morgan fingerprint density at radius 3 is 2.49 bits per heavy atom. The second-order valence-electron chi connectivity index (χ2n) is 8.26. The van der Waals surface area contributed by atoms with Crippen molar-refractivity contribution in [2.24, 2.45) is 0 Å². The maximum absolute atomic E-state index is 13.3. The summed E-state index contributed by atoms with van der Waals surface area (Å²) in [5, 5.41) is 7.77. The third kappa shape index (κ3) is 4.28. The maximum atomic E-state index is 13.3. The molecule has 1 aromatic heterocycles. The van der Waals surface area contributed by atoms with Gasteiger partial charge in [0.2, 0.25) is 0 Å². The van der Waals surface area contributed by atoms with Gasteiger partial charge in [-0.15, -0.1) is 0 Å². The fourth-order valence-corrected chi connectivity index (χ4v) is 4.70. The van der Waals surface area contributed by atoms with E-state index in [1.54, 1.807) is 24.3 Å². The average Bonchev–Trinajstić information content (AvgIpc) is 3.15. The van der Waals surface area contributed by atoms with E-state index in [0.717, 1.165) is 12.1 Å². The predicted octanol–water partition coefficient (Wildman–Crippen LogP) is 4.39. The largest absolute Gasteiger partial charge is 0.416 e. The zero-order valence-corrected chi connectivity index (χ0v) is 18.9. The van der Waals surface area contributed by atoms with Crippen LogP contribution < -0.4 is 5.32 Å². The van der Waals surface area contributed by atoms with Gasteiger partial charge in [-0.25, -0.2) is 4.68 Å². The monoisotopic (exact) mass is 505 g/mol. The molecule has 0 unspecified atom stereocenters. The Kier molecular flexibility index (Phi) is 5.80. The van der Waals surface area contributed by atoms with E-state index in [-0.39, 0.29) is 24.4 Å². The average molecular weight is 506 g/mol. The fraction of sp³-hybridized carbons (Fsp3) is 0.292. The smallest absolute Gasteiger partial charge is 0.416 e. The Hall–Kier alpha value is -3.37. The molecule has 2 aromatic carbocycles. The van der Waals surface area contributed by atoms with Crippen LogP contribution in [0.2, 0.25) is 5.02 Å². The van der Waals surface area contributed by atoms with E-state index in [2.05, 4.69) is 10.4 Å². The van der Waals surface area contributed by atoms with Crippen molar-refractivity contribution in [2.45, 2.75) is 31.2 Å². The molecule has 1 spiro atoms. The van der Waals surface area contributed by atoms with Crippen LogP contribution in [0.4, 0.5) is 13.2 Å². The Labute approximate surface area is 202 Å². The molecule has 7 nitrogen and oxygen atoms in total. The SMILES string of the molecule is O=C1CCC(=O)OC2(CNCCc3c2ccc(Cl)c3-n2nccc2-c2cccc(C(F)(F)F)c2)O1. The second kappa shape index (κ2) is 8.69.